The van der Waals surface area contributed by atoms with Gasteiger partial charge in [-0.15, -0.1) is 0 Å². The maximum absolute atomic E-state index is 13.0. The van der Waals surface area contributed by atoms with Gasteiger partial charge in [0.25, 0.3) is 10.0 Å². The maximum Gasteiger partial charge on any atom is 0.262 e. The number of anilines is 1. The van der Waals surface area contributed by atoms with E-state index >= 15 is 0 Å². The van der Waals surface area contributed by atoms with Gasteiger partial charge in [-0.2, -0.15) is 0 Å². The molecule has 2 aliphatic rings. The van der Waals surface area contributed by atoms with E-state index in [0.29, 0.717) is 22.4 Å². The topological polar surface area (TPSA) is 101 Å². The molecule has 1 N–H and O–H groups in total. The number of Topliss-reactive ketones (excluding diaryl/α,β-unsaturated/α-hetero) is 1. The minimum Gasteiger partial charge on any atom is -0.295 e. The van der Waals surface area contributed by atoms with Gasteiger partial charge in [-0.1, -0.05) is 25.0 Å². The van der Waals surface area contributed by atoms with Crippen molar-refractivity contribution in [3.8, 4) is 0 Å². The van der Waals surface area contributed by atoms with E-state index in [1.54, 1.807) is 31.2 Å². The van der Waals surface area contributed by atoms with E-state index in [0.717, 1.165) is 25.7 Å². The lowest BCUT2D eigenvalue weighted by molar-refractivity contribution is -0.140. The molecule has 8 heteroatoms. The van der Waals surface area contributed by atoms with Gasteiger partial charge in [0, 0.05) is 11.3 Å². The van der Waals surface area contributed by atoms with Crippen LogP contribution in [0.2, 0.25) is 0 Å². The molecule has 2 amide bonds. The van der Waals surface area contributed by atoms with Crippen molar-refractivity contribution in [3.63, 3.8) is 0 Å². The van der Waals surface area contributed by atoms with E-state index in [1.165, 1.54) is 30.0 Å². The molecule has 2 unspecified atom stereocenters. The van der Waals surface area contributed by atoms with Gasteiger partial charge in [-0.3, -0.25) is 24.0 Å². The highest BCUT2D eigenvalue weighted by Gasteiger charge is 2.47. The van der Waals surface area contributed by atoms with Gasteiger partial charge < -0.3 is 0 Å². The molecule has 1 aliphatic carbocycles. The minimum atomic E-state index is -3.90. The van der Waals surface area contributed by atoms with Crippen molar-refractivity contribution in [2.45, 2.75) is 51.0 Å². The van der Waals surface area contributed by atoms with Crippen LogP contribution >= 0.6 is 0 Å². The molecule has 7 nitrogen and oxygen atoms in total. The molecule has 4 rings (SSSR count). The van der Waals surface area contributed by atoms with Crippen LogP contribution in [0.25, 0.3) is 0 Å². The molecule has 2 atom stereocenters. The Kier molecular flexibility index (Phi) is 5.90. The normalized spacial score (nSPS) is 20.9. The van der Waals surface area contributed by atoms with Crippen molar-refractivity contribution in [3.05, 3.63) is 59.2 Å². The molecule has 1 aliphatic heterocycles. The number of rotatable bonds is 6. The summed E-state index contributed by atoms with van der Waals surface area (Å²) in [4.78, 5) is 38.3. The first-order valence-electron chi connectivity index (χ1n) is 10.8. The lowest BCUT2D eigenvalue weighted by Crippen LogP contribution is -2.30. The summed E-state index contributed by atoms with van der Waals surface area (Å²) in [6, 6.07) is 11.2. The van der Waals surface area contributed by atoms with E-state index in [9.17, 15) is 22.8 Å². The average molecular weight is 455 g/mol. The van der Waals surface area contributed by atoms with Crippen LogP contribution in [-0.2, 0) is 26.2 Å². The van der Waals surface area contributed by atoms with E-state index in [2.05, 4.69) is 4.72 Å². The van der Waals surface area contributed by atoms with Crippen molar-refractivity contribution >= 4 is 33.3 Å². The van der Waals surface area contributed by atoms with Gasteiger partial charge in [0.05, 0.1) is 23.3 Å². The van der Waals surface area contributed by atoms with Crippen LogP contribution in [0.1, 0.15) is 54.1 Å². The second-order valence-electron chi connectivity index (χ2n) is 8.60. The summed E-state index contributed by atoms with van der Waals surface area (Å²) in [5.41, 5.74) is 1.97. The molecule has 0 bridgehead atoms. The van der Waals surface area contributed by atoms with Gasteiger partial charge in [0.1, 0.15) is 0 Å². The summed E-state index contributed by atoms with van der Waals surface area (Å²) in [6.45, 7) is 3.21. The van der Waals surface area contributed by atoms with E-state index < -0.39 is 10.0 Å². The number of benzene rings is 2. The Balaban J connectivity index is 1.56. The number of nitrogens with zero attached hydrogens (tertiary/aromatic N) is 1. The maximum atomic E-state index is 13.0. The zero-order valence-corrected chi connectivity index (χ0v) is 18.9. The van der Waals surface area contributed by atoms with Crippen LogP contribution in [0.3, 0.4) is 0 Å². The number of hydrogen-bond donors (Lipinski definition) is 1. The number of hydrogen-bond acceptors (Lipinski definition) is 5. The molecule has 32 heavy (non-hydrogen) atoms. The highest BCUT2D eigenvalue weighted by Crippen LogP contribution is 2.38. The molecular formula is C24H26N2O5S. The van der Waals surface area contributed by atoms with Gasteiger partial charge in [-0.05, 0) is 68.1 Å². The quantitative estimate of drug-likeness (QED) is 0.530. The largest absolute Gasteiger partial charge is 0.295 e. The third-order valence-corrected chi connectivity index (χ3v) is 7.88. The van der Waals surface area contributed by atoms with Crippen molar-refractivity contribution in [1.82, 2.24) is 4.90 Å². The smallest absolute Gasteiger partial charge is 0.262 e. The number of sulfonamides is 1. The first-order valence-corrected chi connectivity index (χ1v) is 12.2. The summed E-state index contributed by atoms with van der Waals surface area (Å²) in [7, 11) is -3.90. The molecule has 1 saturated heterocycles. The molecule has 168 valence electrons. The molecule has 0 aromatic heterocycles. The first kappa shape index (κ1) is 22.2. The highest BCUT2D eigenvalue weighted by atomic mass is 32.2. The summed E-state index contributed by atoms with van der Waals surface area (Å²) >= 11 is 0. The number of nitrogens with one attached hydrogen (secondary N) is 1. The van der Waals surface area contributed by atoms with Crippen molar-refractivity contribution in [2.75, 3.05) is 4.72 Å². The fourth-order valence-electron chi connectivity index (χ4n) is 4.58. The zero-order valence-electron chi connectivity index (χ0n) is 18.1. The third kappa shape index (κ3) is 4.19. The minimum absolute atomic E-state index is 0.0702. The molecule has 1 heterocycles. The standard InChI is InChI=1S/C24H26N2O5S/c1-15-7-8-17(14-26-23(28)20-5-3-4-6-21(20)24(26)29)13-22(15)32(30,31)25-19-11-9-18(10-12-19)16(2)27/h7-13,20-21,25H,3-6,14H2,1-2H3. The van der Waals surface area contributed by atoms with E-state index in [1.807, 2.05) is 0 Å². The predicted octanol–water partition coefficient (Wildman–Crippen LogP) is 3.67. The number of carbonyl (C=O) groups excluding carboxylic acids is 3. The molecular weight excluding hydrogens is 428 g/mol. The van der Waals surface area contributed by atoms with Crippen molar-refractivity contribution in [1.29, 1.82) is 0 Å². The number of imide groups is 1. The van der Waals surface area contributed by atoms with Crippen molar-refractivity contribution in [2.24, 2.45) is 11.8 Å². The summed E-state index contributed by atoms with van der Waals surface area (Å²) in [6.07, 6.45) is 3.40. The lowest BCUT2D eigenvalue weighted by atomic mass is 9.81. The number of ketones is 1. The molecule has 2 fully saturated rings. The number of aryl methyl sites for hydroxylation is 1. The zero-order chi connectivity index (χ0) is 23.0. The summed E-state index contributed by atoms with van der Waals surface area (Å²) < 4.78 is 28.6. The molecule has 0 radical (unpaired) electrons. The summed E-state index contributed by atoms with van der Waals surface area (Å²) in [5.74, 6) is -0.857. The number of amides is 2. The predicted molar refractivity (Wildman–Crippen MR) is 119 cm³/mol. The number of likely N-dealkylation sites (tertiary alicyclic amines) is 1. The Bertz CT molecular complexity index is 1160. The molecule has 2 aromatic rings. The number of fused-ring (bicyclic) bond motifs is 1. The Morgan fingerprint density at radius 2 is 1.59 bits per heavy atom. The second kappa shape index (κ2) is 8.50. The van der Waals surface area contributed by atoms with Crippen LogP contribution in [0.4, 0.5) is 5.69 Å². The second-order valence-corrected chi connectivity index (χ2v) is 10.2. The molecule has 1 saturated carbocycles. The van der Waals surface area contributed by atoms with E-state index in [-0.39, 0.29) is 40.9 Å². The Labute approximate surface area is 187 Å². The first-order chi connectivity index (χ1) is 15.2. The highest BCUT2D eigenvalue weighted by molar-refractivity contribution is 7.92. The third-order valence-electron chi connectivity index (χ3n) is 6.36. The van der Waals surface area contributed by atoms with Gasteiger partial charge in [0.15, 0.2) is 5.78 Å². The van der Waals surface area contributed by atoms with Crippen LogP contribution in [-0.4, -0.2) is 30.9 Å². The Hall–Kier alpha value is -3.00. The van der Waals surface area contributed by atoms with Crippen LogP contribution in [0.15, 0.2) is 47.4 Å². The molecule has 2 aromatic carbocycles. The van der Waals surface area contributed by atoms with Crippen LogP contribution < -0.4 is 4.72 Å². The SMILES string of the molecule is CC(=O)c1ccc(NS(=O)(=O)c2cc(CN3C(=O)C4CCCCC4C3=O)ccc2C)cc1. The van der Waals surface area contributed by atoms with Gasteiger partial charge in [-0.25, -0.2) is 8.42 Å². The fraction of sp³-hybridized carbons (Fsp3) is 0.375. The van der Waals surface area contributed by atoms with Gasteiger partial charge >= 0.3 is 0 Å². The molecule has 0 spiro atoms. The monoisotopic (exact) mass is 454 g/mol. The van der Waals surface area contributed by atoms with Crippen LogP contribution in [0.5, 0.6) is 0 Å². The average Bonchev–Trinajstić information content (AvgIpc) is 3.00. The van der Waals surface area contributed by atoms with Crippen molar-refractivity contribution < 1.29 is 22.8 Å². The Morgan fingerprint density at radius 3 is 2.16 bits per heavy atom. The summed E-state index contributed by atoms with van der Waals surface area (Å²) in [5, 5.41) is 0. The van der Waals surface area contributed by atoms with E-state index in [4.69, 9.17) is 0 Å². The van der Waals surface area contributed by atoms with Crippen LogP contribution in [0, 0.1) is 18.8 Å². The number of carbonyl (C=O) groups is 3. The van der Waals surface area contributed by atoms with Gasteiger partial charge in [0.2, 0.25) is 11.8 Å². The fourth-order valence-corrected chi connectivity index (χ4v) is 5.94. The lowest BCUT2D eigenvalue weighted by Gasteiger charge is -2.19. The Morgan fingerprint density at radius 1 is 1.00 bits per heavy atom.